The van der Waals surface area contributed by atoms with Gasteiger partial charge < -0.3 is 10.1 Å². The number of halogens is 1. The number of benzene rings is 2. The van der Waals surface area contributed by atoms with Crippen LogP contribution in [0.25, 0.3) is 0 Å². The third-order valence-corrected chi connectivity index (χ3v) is 3.65. The Morgan fingerprint density at radius 3 is 2.38 bits per heavy atom. The quantitative estimate of drug-likeness (QED) is 0.460. The van der Waals surface area contributed by atoms with E-state index in [0.717, 1.165) is 6.07 Å². The highest BCUT2D eigenvalue weighted by Crippen LogP contribution is 2.23. The fourth-order valence-electron chi connectivity index (χ4n) is 2.02. The Hall–Kier alpha value is -2.93. The average molecular weight is 377 g/mol. The molecule has 0 unspecified atom stereocenters. The number of nitrogens with zero attached hydrogens (tertiary/aromatic N) is 1. The molecule has 26 heavy (non-hydrogen) atoms. The van der Waals surface area contributed by atoms with Gasteiger partial charge in [-0.25, -0.2) is 4.79 Å². The molecule has 7 nitrogen and oxygen atoms in total. The van der Waals surface area contributed by atoms with Crippen molar-refractivity contribution in [2.75, 3.05) is 11.9 Å². The largest absolute Gasteiger partial charge is 0.462 e. The van der Waals surface area contributed by atoms with Crippen molar-refractivity contribution < 1.29 is 19.2 Å². The molecule has 0 radical (unpaired) electrons. The summed E-state index contributed by atoms with van der Waals surface area (Å²) in [7, 11) is 0. The topological polar surface area (TPSA) is 98.5 Å². The summed E-state index contributed by atoms with van der Waals surface area (Å²) in [5, 5.41) is 13.3. The van der Waals surface area contributed by atoms with E-state index in [9.17, 15) is 19.7 Å². The molecule has 136 valence electrons. The van der Waals surface area contributed by atoms with Crippen molar-refractivity contribution in [2.45, 2.75) is 13.8 Å². The standard InChI is InChI=1S/C18H17ClN2O5/c1-11(2)10-26-18(23)12-3-5-13(6-4-12)20-17(22)15-8-7-14(21(24)25)9-16(15)19/h3-9,11H,10H2,1-2H3,(H,20,22). The maximum Gasteiger partial charge on any atom is 0.338 e. The Labute approximate surface area is 155 Å². The molecule has 0 atom stereocenters. The SMILES string of the molecule is CC(C)COC(=O)c1ccc(NC(=O)c2ccc([N+](=O)[O-])cc2Cl)cc1. The molecule has 0 spiro atoms. The highest BCUT2D eigenvalue weighted by molar-refractivity contribution is 6.34. The lowest BCUT2D eigenvalue weighted by atomic mass is 10.1. The molecule has 0 aromatic heterocycles. The number of nitro groups is 1. The number of amides is 1. The first kappa shape index (κ1) is 19.4. The van der Waals surface area contributed by atoms with E-state index in [4.69, 9.17) is 16.3 Å². The fraction of sp³-hybridized carbons (Fsp3) is 0.222. The van der Waals surface area contributed by atoms with Gasteiger partial charge in [-0.2, -0.15) is 0 Å². The number of ether oxygens (including phenoxy) is 1. The van der Waals surface area contributed by atoms with Crippen molar-refractivity contribution in [1.29, 1.82) is 0 Å². The van der Waals surface area contributed by atoms with Crippen LogP contribution in [0.2, 0.25) is 5.02 Å². The third kappa shape index (κ3) is 5.03. The van der Waals surface area contributed by atoms with E-state index in [0.29, 0.717) is 17.9 Å². The lowest BCUT2D eigenvalue weighted by Crippen LogP contribution is -2.13. The van der Waals surface area contributed by atoms with Crippen molar-refractivity contribution in [3.8, 4) is 0 Å². The zero-order chi connectivity index (χ0) is 19.3. The normalized spacial score (nSPS) is 10.5. The minimum absolute atomic E-state index is 0.0226. The molecule has 0 fully saturated rings. The second-order valence-electron chi connectivity index (χ2n) is 5.95. The van der Waals surface area contributed by atoms with Gasteiger partial charge in [0.25, 0.3) is 11.6 Å². The number of nitrogens with one attached hydrogen (secondary N) is 1. The predicted molar refractivity (Wildman–Crippen MR) is 97.6 cm³/mol. The number of carbonyl (C=O) groups is 2. The first-order valence-electron chi connectivity index (χ1n) is 7.80. The van der Waals surface area contributed by atoms with Crippen LogP contribution in [0.15, 0.2) is 42.5 Å². The Morgan fingerprint density at radius 1 is 1.19 bits per heavy atom. The molecular formula is C18H17ClN2O5. The zero-order valence-corrected chi connectivity index (χ0v) is 14.9. The predicted octanol–water partition coefficient (Wildman–Crippen LogP) is 4.31. The number of carbonyl (C=O) groups excluding carboxylic acids is 2. The van der Waals surface area contributed by atoms with Crippen molar-refractivity contribution in [3.63, 3.8) is 0 Å². The van der Waals surface area contributed by atoms with Crippen LogP contribution in [0.4, 0.5) is 11.4 Å². The molecular weight excluding hydrogens is 360 g/mol. The van der Waals surface area contributed by atoms with Crippen LogP contribution in [0.1, 0.15) is 34.6 Å². The number of esters is 1. The lowest BCUT2D eigenvalue weighted by molar-refractivity contribution is -0.384. The zero-order valence-electron chi connectivity index (χ0n) is 14.2. The van der Waals surface area contributed by atoms with Gasteiger partial charge in [0.15, 0.2) is 0 Å². The van der Waals surface area contributed by atoms with Crippen LogP contribution in [0, 0.1) is 16.0 Å². The van der Waals surface area contributed by atoms with Crippen LogP contribution in [0.3, 0.4) is 0 Å². The Balaban J connectivity index is 2.05. The van der Waals surface area contributed by atoms with Gasteiger partial charge in [-0.05, 0) is 36.2 Å². The van der Waals surface area contributed by atoms with E-state index in [1.807, 2.05) is 13.8 Å². The summed E-state index contributed by atoms with van der Waals surface area (Å²) in [6, 6.07) is 9.80. The van der Waals surface area contributed by atoms with E-state index in [1.54, 1.807) is 12.1 Å². The van der Waals surface area contributed by atoms with Crippen molar-refractivity contribution in [2.24, 2.45) is 5.92 Å². The van der Waals surface area contributed by atoms with Crippen molar-refractivity contribution >= 4 is 34.9 Å². The Kier molecular flexibility index (Phi) is 6.30. The summed E-state index contributed by atoms with van der Waals surface area (Å²) in [6.07, 6.45) is 0. The second-order valence-corrected chi connectivity index (χ2v) is 6.35. The number of rotatable bonds is 6. The van der Waals surface area contributed by atoms with Crippen LogP contribution >= 0.6 is 11.6 Å². The number of hydrogen-bond acceptors (Lipinski definition) is 5. The van der Waals surface area contributed by atoms with Crippen molar-refractivity contribution in [1.82, 2.24) is 0 Å². The van der Waals surface area contributed by atoms with Gasteiger partial charge in [-0.1, -0.05) is 25.4 Å². The minimum Gasteiger partial charge on any atom is -0.462 e. The van der Waals surface area contributed by atoms with Crippen molar-refractivity contribution in [3.05, 3.63) is 68.7 Å². The molecule has 1 N–H and O–H groups in total. The first-order valence-corrected chi connectivity index (χ1v) is 8.18. The van der Waals surface area contributed by atoms with Gasteiger partial charge in [0.1, 0.15) is 0 Å². The van der Waals surface area contributed by atoms with Gasteiger partial charge in [0.05, 0.1) is 27.7 Å². The van der Waals surface area contributed by atoms with Crippen LogP contribution in [-0.2, 0) is 4.74 Å². The second kappa shape index (κ2) is 8.44. The van der Waals surface area contributed by atoms with Gasteiger partial charge in [-0.15, -0.1) is 0 Å². The van der Waals surface area contributed by atoms with Gasteiger partial charge in [-0.3, -0.25) is 14.9 Å². The molecule has 0 heterocycles. The molecule has 0 saturated carbocycles. The lowest BCUT2D eigenvalue weighted by Gasteiger charge is -2.09. The molecule has 2 aromatic carbocycles. The van der Waals surface area contributed by atoms with Gasteiger partial charge in [0, 0.05) is 17.8 Å². The molecule has 0 aliphatic carbocycles. The summed E-state index contributed by atoms with van der Waals surface area (Å²) in [5.74, 6) is -0.709. The summed E-state index contributed by atoms with van der Waals surface area (Å²) < 4.78 is 5.13. The number of non-ortho nitro benzene ring substituents is 1. The molecule has 0 aliphatic rings. The van der Waals surface area contributed by atoms with E-state index in [1.165, 1.54) is 24.3 Å². The highest BCUT2D eigenvalue weighted by Gasteiger charge is 2.15. The molecule has 0 saturated heterocycles. The minimum atomic E-state index is -0.593. The van der Waals surface area contributed by atoms with E-state index >= 15 is 0 Å². The van der Waals surface area contributed by atoms with E-state index in [2.05, 4.69) is 5.32 Å². The number of nitro benzene ring substituents is 1. The van der Waals surface area contributed by atoms with Gasteiger partial charge >= 0.3 is 5.97 Å². The van der Waals surface area contributed by atoms with Crippen LogP contribution in [-0.4, -0.2) is 23.4 Å². The average Bonchev–Trinajstić information content (AvgIpc) is 2.59. The summed E-state index contributed by atoms with van der Waals surface area (Å²) in [4.78, 5) is 34.2. The monoisotopic (exact) mass is 376 g/mol. The highest BCUT2D eigenvalue weighted by atomic mass is 35.5. The summed E-state index contributed by atoms with van der Waals surface area (Å²) in [6.45, 7) is 4.21. The van der Waals surface area contributed by atoms with Crippen LogP contribution < -0.4 is 5.32 Å². The van der Waals surface area contributed by atoms with E-state index in [-0.39, 0.29) is 22.2 Å². The Morgan fingerprint density at radius 2 is 1.85 bits per heavy atom. The first-order chi connectivity index (χ1) is 12.3. The summed E-state index contributed by atoms with van der Waals surface area (Å²) in [5.41, 5.74) is 0.732. The smallest absolute Gasteiger partial charge is 0.338 e. The molecule has 0 bridgehead atoms. The maximum absolute atomic E-state index is 12.3. The number of hydrogen-bond donors (Lipinski definition) is 1. The Bertz CT molecular complexity index is 834. The molecule has 1 amide bonds. The van der Waals surface area contributed by atoms with Crippen LogP contribution in [0.5, 0.6) is 0 Å². The molecule has 2 rings (SSSR count). The van der Waals surface area contributed by atoms with Gasteiger partial charge in [0.2, 0.25) is 0 Å². The molecule has 2 aromatic rings. The molecule has 0 aliphatic heterocycles. The molecule has 8 heteroatoms. The third-order valence-electron chi connectivity index (χ3n) is 3.33. The number of anilines is 1. The van der Waals surface area contributed by atoms with E-state index < -0.39 is 16.8 Å². The summed E-state index contributed by atoms with van der Waals surface area (Å²) >= 11 is 5.94. The maximum atomic E-state index is 12.3. The fourth-order valence-corrected chi connectivity index (χ4v) is 2.28.